The second-order valence-electron chi connectivity index (χ2n) is 7.31. The van der Waals surface area contributed by atoms with Gasteiger partial charge in [-0.1, -0.05) is 18.2 Å². The topological polar surface area (TPSA) is 51.2 Å². The van der Waals surface area contributed by atoms with E-state index < -0.39 is 17.6 Å². The van der Waals surface area contributed by atoms with Crippen molar-refractivity contribution in [2.75, 3.05) is 0 Å². The summed E-state index contributed by atoms with van der Waals surface area (Å²) in [6, 6.07) is 10.0. The SMILES string of the molecule is O=C(Cc1cccc2cnccc12)N[C@H]1C[C@H](Oc2ccc(F)c(C(F)(F)F)c2)C1. The Morgan fingerprint density at radius 1 is 1.17 bits per heavy atom. The molecule has 1 aromatic heterocycles. The number of benzene rings is 2. The Morgan fingerprint density at radius 2 is 1.97 bits per heavy atom. The van der Waals surface area contributed by atoms with Crippen LogP contribution < -0.4 is 10.1 Å². The molecular weight excluding hydrogens is 400 g/mol. The summed E-state index contributed by atoms with van der Waals surface area (Å²) < 4.78 is 57.3. The molecule has 0 bridgehead atoms. The summed E-state index contributed by atoms with van der Waals surface area (Å²) in [5.74, 6) is -1.51. The number of carbonyl (C=O) groups excluding carboxylic acids is 1. The highest BCUT2D eigenvalue weighted by atomic mass is 19.4. The first kappa shape index (κ1) is 20.1. The second-order valence-corrected chi connectivity index (χ2v) is 7.31. The predicted molar refractivity (Wildman–Crippen MR) is 102 cm³/mol. The number of hydrogen-bond acceptors (Lipinski definition) is 3. The number of pyridine rings is 1. The molecule has 1 saturated carbocycles. The summed E-state index contributed by atoms with van der Waals surface area (Å²) in [5, 5.41) is 4.84. The van der Waals surface area contributed by atoms with Crippen molar-refractivity contribution in [1.82, 2.24) is 10.3 Å². The Balaban J connectivity index is 1.30. The van der Waals surface area contributed by atoms with Crippen LogP contribution in [0.2, 0.25) is 0 Å². The Labute approximate surface area is 169 Å². The van der Waals surface area contributed by atoms with E-state index in [1.807, 2.05) is 24.3 Å². The van der Waals surface area contributed by atoms with Gasteiger partial charge in [-0.15, -0.1) is 0 Å². The average molecular weight is 418 g/mol. The lowest BCUT2D eigenvalue weighted by molar-refractivity contribution is -0.140. The number of ether oxygens (including phenoxy) is 1. The van der Waals surface area contributed by atoms with Crippen molar-refractivity contribution in [2.45, 2.75) is 37.6 Å². The van der Waals surface area contributed by atoms with E-state index in [-0.39, 0.29) is 30.2 Å². The van der Waals surface area contributed by atoms with Crippen LogP contribution in [0.15, 0.2) is 54.9 Å². The lowest BCUT2D eigenvalue weighted by atomic mass is 9.89. The van der Waals surface area contributed by atoms with Crippen molar-refractivity contribution in [3.05, 3.63) is 71.8 Å². The van der Waals surface area contributed by atoms with Gasteiger partial charge in [-0.3, -0.25) is 9.78 Å². The van der Waals surface area contributed by atoms with Crippen molar-refractivity contribution in [3.63, 3.8) is 0 Å². The van der Waals surface area contributed by atoms with Crippen molar-refractivity contribution in [3.8, 4) is 5.75 Å². The van der Waals surface area contributed by atoms with Crippen LogP contribution >= 0.6 is 0 Å². The monoisotopic (exact) mass is 418 g/mol. The van der Waals surface area contributed by atoms with Crippen molar-refractivity contribution in [2.24, 2.45) is 0 Å². The molecule has 8 heteroatoms. The quantitative estimate of drug-likeness (QED) is 0.613. The molecule has 1 fully saturated rings. The van der Waals surface area contributed by atoms with Gasteiger partial charge in [0, 0.05) is 36.7 Å². The first-order valence-electron chi connectivity index (χ1n) is 9.44. The smallest absolute Gasteiger partial charge is 0.419 e. The number of fused-ring (bicyclic) bond motifs is 1. The molecule has 1 amide bonds. The summed E-state index contributed by atoms with van der Waals surface area (Å²) in [7, 11) is 0. The third kappa shape index (κ3) is 4.37. The zero-order valence-electron chi connectivity index (χ0n) is 15.7. The molecule has 0 radical (unpaired) electrons. The van der Waals surface area contributed by atoms with Crippen LogP contribution in [-0.4, -0.2) is 23.0 Å². The zero-order chi connectivity index (χ0) is 21.3. The van der Waals surface area contributed by atoms with Crippen LogP contribution in [0.3, 0.4) is 0 Å². The van der Waals surface area contributed by atoms with Gasteiger partial charge >= 0.3 is 6.18 Å². The fourth-order valence-electron chi connectivity index (χ4n) is 3.56. The minimum Gasteiger partial charge on any atom is -0.490 e. The van der Waals surface area contributed by atoms with Gasteiger partial charge in [0.2, 0.25) is 5.91 Å². The highest BCUT2D eigenvalue weighted by Crippen LogP contribution is 2.35. The van der Waals surface area contributed by atoms with E-state index in [9.17, 15) is 22.4 Å². The highest BCUT2D eigenvalue weighted by Gasteiger charge is 2.36. The molecule has 0 saturated heterocycles. The molecule has 0 atom stereocenters. The van der Waals surface area contributed by atoms with Crippen LogP contribution in [0.1, 0.15) is 24.0 Å². The lowest BCUT2D eigenvalue weighted by Gasteiger charge is -2.36. The van der Waals surface area contributed by atoms with E-state index in [1.54, 1.807) is 12.4 Å². The number of aromatic nitrogens is 1. The van der Waals surface area contributed by atoms with Gasteiger partial charge in [-0.25, -0.2) is 4.39 Å². The van der Waals surface area contributed by atoms with E-state index in [0.29, 0.717) is 18.9 Å². The van der Waals surface area contributed by atoms with Gasteiger partial charge in [0.15, 0.2) is 0 Å². The van der Waals surface area contributed by atoms with Crippen LogP contribution in [-0.2, 0) is 17.4 Å². The van der Waals surface area contributed by atoms with Crippen LogP contribution in [0.5, 0.6) is 5.75 Å². The first-order chi connectivity index (χ1) is 14.3. The van der Waals surface area contributed by atoms with Crippen LogP contribution in [0, 0.1) is 5.82 Å². The Bertz CT molecular complexity index is 1070. The molecule has 0 unspecified atom stereocenters. The summed E-state index contributed by atoms with van der Waals surface area (Å²) >= 11 is 0. The standard InChI is InChI=1S/C22H18F4N2O2/c23-20-5-4-16(11-19(20)22(24,25)26)30-17-9-15(10-17)28-21(29)8-13-2-1-3-14-12-27-7-6-18(13)14/h1-7,11-12,15,17H,8-10H2,(H,28,29)/t15-,17-. The predicted octanol–water partition coefficient (Wildman–Crippen LogP) is 4.66. The maximum atomic E-state index is 13.4. The minimum atomic E-state index is -4.78. The molecular formula is C22H18F4N2O2. The van der Waals surface area contributed by atoms with E-state index >= 15 is 0 Å². The Morgan fingerprint density at radius 3 is 2.73 bits per heavy atom. The number of halogens is 4. The minimum absolute atomic E-state index is 0.0390. The number of carbonyl (C=O) groups is 1. The molecule has 2 aromatic carbocycles. The molecule has 3 aromatic rings. The largest absolute Gasteiger partial charge is 0.490 e. The summed E-state index contributed by atoms with van der Waals surface area (Å²) in [5.41, 5.74) is -0.458. The third-order valence-corrected chi connectivity index (χ3v) is 5.13. The normalized spacial score (nSPS) is 18.7. The average Bonchev–Trinajstić information content (AvgIpc) is 2.67. The number of nitrogens with zero attached hydrogens (tertiary/aromatic N) is 1. The fourth-order valence-corrected chi connectivity index (χ4v) is 3.56. The summed E-state index contributed by atoms with van der Waals surface area (Å²) in [6.45, 7) is 0. The molecule has 1 heterocycles. The van der Waals surface area contributed by atoms with Crippen LogP contribution in [0.4, 0.5) is 17.6 Å². The molecule has 1 aliphatic carbocycles. The molecule has 30 heavy (non-hydrogen) atoms. The lowest BCUT2D eigenvalue weighted by Crippen LogP contribution is -2.49. The Hall–Kier alpha value is -3.16. The van der Waals surface area contributed by atoms with Crippen molar-refractivity contribution >= 4 is 16.7 Å². The van der Waals surface area contributed by atoms with Gasteiger partial charge < -0.3 is 10.1 Å². The molecule has 1 N–H and O–H groups in total. The second kappa shape index (κ2) is 7.93. The molecule has 0 aliphatic heterocycles. The maximum Gasteiger partial charge on any atom is 0.419 e. The zero-order valence-corrected chi connectivity index (χ0v) is 15.7. The fraction of sp³-hybridized carbons (Fsp3) is 0.273. The third-order valence-electron chi connectivity index (χ3n) is 5.13. The summed E-state index contributed by atoms with van der Waals surface area (Å²) in [4.78, 5) is 16.5. The van der Waals surface area contributed by atoms with E-state index in [0.717, 1.165) is 22.4 Å². The number of amides is 1. The number of nitrogens with one attached hydrogen (secondary N) is 1. The summed E-state index contributed by atoms with van der Waals surface area (Å²) in [6.07, 6.45) is -0.520. The van der Waals surface area contributed by atoms with Gasteiger partial charge in [-0.2, -0.15) is 13.2 Å². The van der Waals surface area contributed by atoms with Gasteiger partial charge in [0.25, 0.3) is 0 Å². The van der Waals surface area contributed by atoms with Gasteiger partial charge in [0.1, 0.15) is 17.7 Å². The van der Waals surface area contributed by atoms with Gasteiger partial charge in [-0.05, 0) is 35.2 Å². The maximum absolute atomic E-state index is 13.4. The molecule has 4 rings (SSSR count). The van der Waals surface area contributed by atoms with E-state index in [2.05, 4.69) is 10.3 Å². The van der Waals surface area contributed by atoms with Crippen LogP contribution in [0.25, 0.3) is 10.8 Å². The Kier molecular flexibility index (Phi) is 5.32. The molecule has 1 aliphatic rings. The molecule has 156 valence electrons. The first-order valence-corrected chi connectivity index (χ1v) is 9.44. The van der Waals surface area contributed by atoms with Crippen molar-refractivity contribution < 1.29 is 27.1 Å². The molecule has 4 nitrogen and oxygen atoms in total. The number of rotatable bonds is 5. The number of hydrogen-bond donors (Lipinski definition) is 1. The number of alkyl halides is 3. The van der Waals surface area contributed by atoms with Gasteiger partial charge in [0.05, 0.1) is 12.0 Å². The van der Waals surface area contributed by atoms with E-state index in [4.69, 9.17) is 4.74 Å². The highest BCUT2D eigenvalue weighted by molar-refractivity contribution is 5.89. The van der Waals surface area contributed by atoms with Crippen molar-refractivity contribution in [1.29, 1.82) is 0 Å². The van der Waals surface area contributed by atoms with E-state index in [1.165, 1.54) is 6.07 Å². The molecule has 0 spiro atoms.